The standard InChI is InChI=1S/C11H20N4S/c1-4-14(8-11(12)16)7-10-6-9(3)13-15(10)5-2/h6H,4-5,7-8H2,1-3H3,(H2,12,16). The molecule has 1 heterocycles. The fourth-order valence-corrected chi connectivity index (χ4v) is 1.91. The Bertz CT molecular complexity index is 359. The van der Waals surface area contributed by atoms with Crippen LogP contribution in [0.1, 0.15) is 25.2 Å². The van der Waals surface area contributed by atoms with Crippen LogP contribution in [0.4, 0.5) is 0 Å². The van der Waals surface area contributed by atoms with E-state index >= 15 is 0 Å². The predicted molar refractivity (Wildman–Crippen MR) is 70.4 cm³/mol. The lowest BCUT2D eigenvalue weighted by molar-refractivity contribution is 0.309. The number of thiocarbonyl (C=S) groups is 1. The van der Waals surface area contributed by atoms with E-state index in [-0.39, 0.29) is 0 Å². The lowest BCUT2D eigenvalue weighted by Crippen LogP contribution is -2.32. The van der Waals surface area contributed by atoms with Crippen molar-refractivity contribution in [3.63, 3.8) is 0 Å². The van der Waals surface area contributed by atoms with Crippen LogP contribution in [-0.4, -0.2) is 32.8 Å². The second-order valence-electron chi connectivity index (χ2n) is 3.86. The topological polar surface area (TPSA) is 47.1 Å². The van der Waals surface area contributed by atoms with Crippen molar-refractivity contribution in [2.75, 3.05) is 13.1 Å². The molecular weight excluding hydrogens is 220 g/mol. The molecule has 0 amide bonds. The van der Waals surface area contributed by atoms with E-state index in [1.807, 2.05) is 11.6 Å². The van der Waals surface area contributed by atoms with Crippen LogP contribution in [-0.2, 0) is 13.1 Å². The monoisotopic (exact) mass is 240 g/mol. The molecule has 0 unspecified atom stereocenters. The van der Waals surface area contributed by atoms with Gasteiger partial charge in [-0.1, -0.05) is 19.1 Å². The normalized spacial score (nSPS) is 11.0. The van der Waals surface area contributed by atoms with Gasteiger partial charge in [-0.25, -0.2) is 0 Å². The molecular formula is C11H20N4S. The van der Waals surface area contributed by atoms with Gasteiger partial charge in [0, 0.05) is 19.6 Å². The van der Waals surface area contributed by atoms with E-state index < -0.39 is 0 Å². The summed E-state index contributed by atoms with van der Waals surface area (Å²) in [5.74, 6) is 0. The Balaban J connectivity index is 2.72. The molecule has 0 bridgehead atoms. The Morgan fingerprint density at radius 2 is 2.25 bits per heavy atom. The molecule has 0 aromatic carbocycles. The maximum absolute atomic E-state index is 5.57. The second kappa shape index (κ2) is 5.96. The van der Waals surface area contributed by atoms with E-state index in [9.17, 15) is 0 Å². The van der Waals surface area contributed by atoms with Crippen molar-refractivity contribution in [3.8, 4) is 0 Å². The van der Waals surface area contributed by atoms with Gasteiger partial charge in [0.2, 0.25) is 0 Å². The Kier molecular flexibility index (Phi) is 4.89. The van der Waals surface area contributed by atoms with Gasteiger partial charge in [0.25, 0.3) is 0 Å². The fourth-order valence-electron chi connectivity index (χ4n) is 1.73. The van der Waals surface area contributed by atoms with Crippen LogP contribution in [0.3, 0.4) is 0 Å². The van der Waals surface area contributed by atoms with E-state index in [1.165, 1.54) is 5.69 Å². The first kappa shape index (κ1) is 13.1. The van der Waals surface area contributed by atoms with Gasteiger partial charge in [0.05, 0.1) is 16.4 Å². The number of nitrogens with zero attached hydrogens (tertiary/aromatic N) is 3. The van der Waals surface area contributed by atoms with E-state index in [2.05, 4.69) is 29.9 Å². The van der Waals surface area contributed by atoms with Crippen LogP contribution >= 0.6 is 12.2 Å². The number of likely N-dealkylation sites (N-methyl/N-ethyl adjacent to an activating group) is 1. The molecule has 0 atom stereocenters. The zero-order valence-electron chi connectivity index (χ0n) is 10.2. The second-order valence-corrected chi connectivity index (χ2v) is 4.39. The summed E-state index contributed by atoms with van der Waals surface area (Å²) in [7, 11) is 0. The minimum atomic E-state index is 0.543. The molecule has 0 spiro atoms. The third kappa shape index (κ3) is 3.57. The maximum atomic E-state index is 5.57. The highest BCUT2D eigenvalue weighted by molar-refractivity contribution is 7.80. The number of aromatic nitrogens is 2. The van der Waals surface area contributed by atoms with Crippen molar-refractivity contribution in [2.24, 2.45) is 5.73 Å². The molecule has 0 saturated heterocycles. The Morgan fingerprint density at radius 1 is 1.56 bits per heavy atom. The van der Waals surface area contributed by atoms with Crippen molar-refractivity contribution in [1.82, 2.24) is 14.7 Å². The Labute approximate surface area is 102 Å². The fraction of sp³-hybridized carbons (Fsp3) is 0.636. The maximum Gasteiger partial charge on any atom is 0.0870 e. The lowest BCUT2D eigenvalue weighted by atomic mass is 10.3. The lowest BCUT2D eigenvalue weighted by Gasteiger charge is -2.19. The van der Waals surface area contributed by atoms with Crippen LogP contribution in [0.5, 0.6) is 0 Å². The zero-order valence-corrected chi connectivity index (χ0v) is 11.0. The van der Waals surface area contributed by atoms with Crippen LogP contribution in [0.15, 0.2) is 6.07 Å². The van der Waals surface area contributed by atoms with Gasteiger partial charge in [0.1, 0.15) is 0 Å². The van der Waals surface area contributed by atoms with Gasteiger partial charge in [0.15, 0.2) is 0 Å². The zero-order chi connectivity index (χ0) is 12.1. The smallest absolute Gasteiger partial charge is 0.0870 e. The van der Waals surface area contributed by atoms with Crippen molar-refractivity contribution in [2.45, 2.75) is 33.9 Å². The molecule has 0 saturated carbocycles. The first-order chi connectivity index (χ1) is 7.56. The summed E-state index contributed by atoms with van der Waals surface area (Å²) in [6.45, 7) is 9.57. The summed E-state index contributed by atoms with van der Waals surface area (Å²) in [6.07, 6.45) is 0. The highest BCUT2D eigenvalue weighted by Crippen LogP contribution is 2.07. The highest BCUT2D eigenvalue weighted by atomic mass is 32.1. The number of nitrogens with two attached hydrogens (primary N) is 1. The van der Waals surface area contributed by atoms with Gasteiger partial charge in [-0.15, -0.1) is 0 Å². The molecule has 90 valence electrons. The summed E-state index contributed by atoms with van der Waals surface area (Å²) in [5.41, 5.74) is 7.84. The first-order valence-electron chi connectivity index (χ1n) is 5.60. The predicted octanol–water partition coefficient (Wildman–Crippen LogP) is 1.32. The summed E-state index contributed by atoms with van der Waals surface area (Å²) in [6, 6.07) is 2.12. The van der Waals surface area contributed by atoms with Crippen molar-refractivity contribution in [1.29, 1.82) is 0 Å². The summed E-state index contributed by atoms with van der Waals surface area (Å²) < 4.78 is 2.03. The van der Waals surface area contributed by atoms with Gasteiger partial charge in [-0.3, -0.25) is 9.58 Å². The van der Waals surface area contributed by atoms with Gasteiger partial charge in [-0.05, 0) is 26.5 Å². The van der Waals surface area contributed by atoms with E-state index in [1.54, 1.807) is 0 Å². The van der Waals surface area contributed by atoms with Crippen molar-refractivity contribution in [3.05, 3.63) is 17.5 Å². The van der Waals surface area contributed by atoms with Crippen molar-refractivity contribution >= 4 is 17.2 Å². The molecule has 16 heavy (non-hydrogen) atoms. The molecule has 0 radical (unpaired) electrons. The average Bonchev–Trinajstić information content (AvgIpc) is 2.57. The SMILES string of the molecule is CCN(CC(N)=S)Cc1cc(C)nn1CC. The number of aryl methyl sites for hydroxylation is 2. The molecule has 0 aliphatic carbocycles. The summed E-state index contributed by atoms with van der Waals surface area (Å²) in [5, 5.41) is 4.42. The summed E-state index contributed by atoms with van der Waals surface area (Å²) >= 11 is 4.93. The molecule has 2 N–H and O–H groups in total. The largest absolute Gasteiger partial charge is 0.392 e. The highest BCUT2D eigenvalue weighted by Gasteiger charge is 2.09. The average molecular weight is 240 g/mol. The number of hydrogen-bond acceptors (Lipinski definition) is 3. The van der Waals surface area contributed by atoms with E-state index in [0.29, 0.717) is 11.5 Å². The van der Waals surface area contributed by atoms with Gasteiger partial charge in [-0.2, -0.15) is 5.10 Å². The third-order valence-corrected chi connectivity index (χ3v) is 2.63. The molecule has 0 aliphatic rings. The molecule has 1 aromatic heterocycles. The molecule has 1 rings (SSSR count). The van der Waals surface area contributed by atoms with Crippen LogP contribution < -0.4 is 5.73 Å². The number of rotatable bonds is 6. The van der Waals surface area contributed by atoms with Crippen LogP contribution in [0.2, 0.25) is 0 Å². The van der Waals surface area contributed by atoms with Gasteiger partial charge >= 0.3 is 0 Å². The van der Waals surface area contributed by atoms with E-state index in [0.717, 1.165) is 25.3 Å². The molecule has 0 aliphatic heterocycles. The molecule has 1 aromatic rings. The third-order valence-electron chi connectivity index (χ3n) is 2.50. The molecule has 5 heteroatoms. The molecule has 4 nitrogen and oxygen atoms in total. The quantitative estimate of drug-likeness (QED) is 0.762. The Morgan fingerprint density at radius 3 is 2.75 bits per heavy atom. The van der Waals surface area contributed by atoms with Crippen LogP contribution in [0.25, 0.3) is 0 Å². The van der Waals surface area contributed by atoms with Crippen molar-refractivity contribution < 1.29 is 0 Å². The minimum absolute atomic E-state index is 0.543. The first-order valence-corrected chi connectivity index (χ1v) is 6.01. The Hall–Kier alpha value is -0.940. The van der Waals surface area contributed by atoms with E-state index in [4.69, 9.17) is 18.0 Å². The summed E-state index contributed by atoms with van der Waals surface area (Å²) in [4.78, 5) is 2.76. The van der Waals surface area contributed by atoms with Gasteiger partial charge < -0.3 is 5.73 Å². The van der Waals surface area contributed by atoms with Crippen LogP contribution in [0, 0.1) is 6.92 Å². The minimum Gasteiger partial charge on any atom is -0.392 e. The number of hydrogen-bond donors (Lipinski definition) is 1. The molecule has 0 fully saturated rings.